The van der Waals surface area contributed by atoms with Gasteiger partial charge in [0.15, 0.2) is 5.82 Å². The molecule has 3 heterocycles. The number of nitrogens with zero attached hydrogens (tertiary/aromatic N) is 4. The van der Waals surface area contributed by atoms with Gasteiger partial charge < -0.3 is 10.2 Å². The molecule has 2 saturated heterocycles. The summed E-state index contributed by atoms with van der Waals surface area (Å²) in [4.78, 5) is 27.2. The number of amides is 2. The van der Waals surface area contributed by atoms with E-state index in [1.807, 2.05) is 17.9 Å². The second-order valence-corrected chi connectivity index (χ2v) is 5.86. The molecule has 1 aromatic heterocycles. The van der Waals surface area contributed by atoms with Crippen molar-refractivity contribution in [2.75, 3.05) is 32.0 Å². The molecule has 0 radical (unpaired) electrons. The van der Waals surface area contributed by atoms with Crippen LogP contribution in [0.2, 0.25) is 0 Å². The number of carbonyl (C=O) groups excluding carboxylic acids is 2. The summed E-state index contributed by atoms with van der Waals surface area (Å²) >= 11 is 0. The van der Waals surface area contributed by atoms with Crippen LogP contribution in [0.3, 0.4) is 0 Å². The van der Waals surface area contributed by atoms with Crippen LogP contribution >= 0.6 is 0 Å². The minimum atomic E-state index is -0.118. The van der Waals surface area contributed by atoms with Crippen LogP contribution in [-0.2, 0) is 9.59 Å². The van der Waals surface area contributed by atoms with E-state index in [0.717, 1.165) is 32.5 Å². The normalized spacial score (nSPS) is 26.6. The molecule has 114 valence electrons. The Balaban J connectivity index is 1.63. The Bertz CT molecular complexity index is 555. The number of likely N-dealkylation sites (N-methyl/N-ethyl adjacent to an activating group) is 1. The number of likely N-dealkylation sites (tertiary alicyclic amines) is 2. The Labute approximate surface area is 123 Å². The molecule has 0 saturated carbocycles. The predicted octanol–water partition coefficient (Wildman–Crippen LogP) is 0.319. The lowest BCUT2D eigenvalue weighted by Crippen LogP contribution is -2.39. The molecule has 1 aromatic rings. The number of hydrogen-bond acceptors (Lipinski definition) is 4. The predicted molar refractivity (Wildman–Crippen MR) is 77.8 cm³/mol. The molecule has 1 N–H and O–H groups in total. The molecule has 7 nitrogen and oxygen atoms in total. The fourth-order valence-electron chi connectivity index (χ4n) is 3.20. The first-order valence-electron chi connectivity index (χ1n) is 7.36. The maximum Gasteiger partial charge on any atom is 0.239 e. The van der Waals surface area contributed by atoms with Gasteiger partial charge in [-0.2, -0.15) is 5.10 Å². The molecule has 2 amide bonds. The quantitative estimate of drug-likeness (QED) is 0.870. The maximum absolute atomic E-state index is 12.1. The highest BCUT2D eigenvalue weighted by Crippen LogP contribution is 2.27. The average Bonchev–Trinajstić information content (AvgIpc) is 3.11. The molecule has 3 rings (SSSR count). The second-order valence-electron chi connectivity index (χ2n) is 5.86. The number of nitrogens with one attached hydrogen (secondary N) is 1. The summed E-state index contributed by atoms with van der Waals surface area (Å²) in [7, 11) is 1.86. The highest BCUT2D eigenvalue weighted by atomic mass is 16.2. The molecular formula is C14H21N5O2. The topological polar surface area (TPSA) is 70.5 Å². The van der Waals surface area contributed by atoms with Crippen molar-refractivity contribution < 1.29 is 9.59 Å². The summed E-state index contributed by atoms with van der Waals surface area (Å²) in [5.41, 5.74) is 0. The zero-order chi connectivity index (χ0) is 15.0. The lowest BCUT2D eigenvalue weighted by Gasteiger charge is -2.22. The lowest BCUT2D eigenvalue weighted by molar-refractivity contribution is -0.130. The summed E-state index contributed by atoms with van der Waals surface area (Å²) < 4.78 is 1.90. The number of carbonyl (C=O) groups is 2. The third-order valence-corrected chi connectivity index (χ3v) is 4.32. The summed E-state index contributed by atoms with van der Waals surface area (Å²) in [5.74, 6) is 0.695. The van der Waals surface area contributed by atoms with Crippen molar-refractivity contribution >= 4 is 17.6 Å². The molecule has 2 aliphatic heterocycles. The van der Waals surface area contributed by atoms with Gasteiger partial charge in [-0.15, -0.1) is 0 Å². The van der Waals surface area contributed by atoms with E-state index in [0.29, 0.717) is 5.82 Å². The van der Waals surface area contributed by atoms with Crippen LogP contribution in [0.5, 0.6) is 0 Å². The van der Waals surface area contributed by atoms with Gasteiger partial charge >= 0.3 is 0 Å². The average molecular weight is 291 g/mol. The summed E-state index contributed by atoms with van der Waals surface area (Å²) in [5, 5.41) is 7.07. The molecule has 0 aliphatic carbocycles. The zero-order valence-electron chi connectivity index (χ0n) is 12.5. The Kier molecular flexibility index (Phi) is 3.67. The van der Waals surface area contributed by atoms with Crippen molar-refractivity contribution in [3.8, 4) is 0 Å². The van der Waals surface area contributed by atoms with E-state index >= 15 is 0 Å². The Morgan fingerprint density at radius 3 is 2.86 bits per heavy atom. The SMILES string of the molecule is CC(=O)Nc1ccn(C2CCN(C3CCN(C)C3=O)C2)n1. The van der Waals surface area contributed by atoms with Crippen molar-refractivity contribution in [2.45, 2.75) is 31.8 Å². The third-order valence-electron chi connectivity index (χ3n) is 4.32. The first-order chi connectivity index (χ1) is 10.0. The van der Waals surface area contributed by atoms with Gasteiger partial charge in [0.25, 0.3) is 0 Å². The smallest absolute Gasteiger partial charge is 0.239 e. The van der Waals surface area contributed by atoms with Crippen molar-refractivity contribution in [2.24, 2.45) is 0 Å². The van der Waals surface area contributed by atoms with Crippen LogP contribution in [0, 0.1) is 0 Å². The van der Waals surface area contributed by atoms with Gasteiger partial charge in [0.1, 0.15) is 0 Å². The van der Waals surface area contributed by atoms with E-state index in [1.54, 1.807) is 11.0 Å². The maximum atomic E-state index is 12.1. The number of anilines is 1. The fraction of sp³-hybridized carbons (Fsp3) is 0.643. The Morgan fingerprint density at radius 2 is 2.19 bits per heavy atom. The zero-order valence-corrected chi connectivity index (χ0v) is 12.5. The molecule has 0 spiro atoms. The van der Waals surface area contributed by atoms with Crippen molar-refractivity contribution in [1.82, 2.24) is 19.6 Å². The molecular weight excluding hydrogens is 270 g/mol. The van der Waals surface area contributed by atoms with Gasteiger partial charge in [0, 0.05) is 45.9 Å². The van der Waals surface area contributed by atoms with Gasteiger partial charge in [-0.05, 0) is 12.8 Å². The molecule has 0 aromatic carbocycles. The Hall–Kier alpha value is -1.89. The van der Waals surface area contributed by atoms with Crippen molar-refractivity contribution in [1.29, 1.82) is 0 Å². The molecule has 2 unspecified atom stereocenters. The van der Waals surface area contributed by atoms with Gasteiger partial charge in [0.2, 0.25) is 11.8 Å². The number of rotatable bonds is 3. The molecule has 0 bridgehead atoms. The van der Waals surface area contributed by atoms with Gasteiger partial charge in [-0.1, -0.05) is 0 Å². The largest absolute Gasteiger partial charge is 0.344 e. The highest BCUT2D eigenvalue weighted by Gasteiger charge is 2.38. The van der Waals surface area contributed by atoms with Gasteiger partial charge in [-0.25, -0.2) is 0 Å². The monoisotopic (exact) mass is 291 g/mol. The van der Waals surface area contributed by atoms with Crippen LogP contribution in [-0.4, -0.2) is 64.1 Å². The van der Waals surface area contributed by atoms with E-state index in [1.165, 1.54) is 6.92 Å². The van der Waals surface area contributed by atoms with Crippen molar-refractivity contribution in [3.05, 3.63) is 12.3 Å². The first kappa shape index (κ1) is 14.1. The summed E-state index contributed by atoms with van der Waals surface area (Å²) in [6.07, 6.45) is 3.79. The van der Waals surface area contributed by atoms with Crippen LogP contribution in [0.4, 0.5) is 5.82 Å². The van der Waals surface area contributed by atoms with Crippen LogP contribution < -0.4 is 5.32 Å². The fourth-order valence-corrected chi connectivity index (χ4v) is 3.20. The summed E-state index contributed by atoms with van der Waals surface area (Å²) in [6, 6.07) is 2.11. The number of hydrogen-bond donors (Lipinski definition) is 1. The van der Waals surface area contributed by atoms with Crippen molar-refractivity contribution in [3.63, 3.8) is 0 Å². The van der Waals surface area contributed by atoms with E-state index in [2.05, 4.69) is 15.3 Å². The molecule has 2 aliphatic rings. The van der Waals surface area contributed by atoms with E-state index in [9.17, 15) is 9.59 Å². The molecule has 2 fully saturated rings. The number of aromatic nitrogens is 2. The third kappa shape index (κ3) is 2.78. The van der Waals surface area contributed by atoms with Crippen LogP contribution in [0.15, 0.2) is 12.3 Å². The molecule has 2 atom stereocenters. The van der Waals surface area contributed by atoms with E-state index in [-0.39, 0.29) is 23.9 Å². The van der Waals surface area contributed by atoms with Gasteiger partial charge in [0.05, 0.1) is 12.1 Å². The minimum Gasteiger partial charge on any atom is -0.344 e. The minimum absolute atomic E-state index is 0.0328. The molecule has 21 heavy (non-hydrogen) atoms. The van der Waals surface area contributed by atoms with Gasteiger partial charge in [-0.3, -0.25) is 19.2 Å². The Morgan fingerprint density at radius 1 is 1.38 bits per heavy atom. The first-order valence-corrected chi connectivity index (χ1v) is 7.36. The lowest BCUT2D eigenvalue weighted by atomic mass is 10.2. The van der Waals surface area contributed by atoms with E-state index < -0.39 is 0 Å². The highest BCUT2D eigenvalue weighted by molar-refractivity contribution is 5.87. The standard InChI is InChI=1S/C14H21N5O2/c1-10(20)15-13-5-8-19(16-13)11-3-7-18(9-11)12-4-6-17(2)14(12)21/h5,8,11-12H,3-4,6-7,9H2,1-2H3,(H,15,16,20). The van der Waals surface area contributed by atoms with Crippen LogP contribution in [0.25, 0.3) is 0 Å². The van der Waals surface area contributed by atoms with Crippen LogP contribution in [0.1, 0.15) is 25.8 Å². The summed E-state index contributed by atoms with van der Waals surface area (Å²) in [6.45, 7) is 4.08. The second kappa shape index (κ2) is 5.48. The molecule has 7 heteroatoms. The van der Waals surface area contributed by atoms with E-state index in [4.69, 9.17) is 0 Å².